The number of hydrogen-bond acceptors (Lipinski definition) is 1. The van der Waals surface area contributed by atoms with E-state index in [1.54, 1.807) is 0 Å². The summed E-state index contributed by atoms with van der Waals surface area (Å²) in [5, 5.41) is 0. The van der Waals surface area contributed by atoms with Gasteiger partial charge >= 0.3 is 6.18 Å². The van der Waals surface area contributed by atoms with Gasteiger partial charge in [-0.2, -0.15) is 13.2 Å². The number of rotatable bonds is 2. The second-order valence-corrected chi connectivity index (χ2v) is 2.85. The van der Waals surface area contributed by atoms with Crippen LogP contribution in [0.15, 0.2) is 36.9 Å². The zero-order valence-electron chi connectivity index (χ0n) is 7.79. The van der Waals surface area contributed by atoms with Crippen molar-refractivity contribution in [1.29, 1.82) is 0 Å². The lowest BCUT2D eigenvalue weighted by Gasteiger charge is -2.15. The summed E-state index contributed by atoms with van der Waals surface area (Å²) in [5.74, 6) is 0. The summed E-state index contributed by atoms with van der Waals surface area (Å²) in [4.78, 5) is 0. The SMILES string of the molecule is C=C[C@@H](N)c1ccccc1C(F)(F)F.Cl. The van der Waals surface area contributed by atoms with Gasteiger partial charge in [-0.3, -0.25) is 0 Å². The Hall–Kier alpha value is -1.00. The molecule has 0 saturated heterocycles. The molecule has 0 saturated carbocycles. The fourth-order valence-corrected chi connectivity index (χ4v) is 1.17. The predicted molar refractivity (Wildman–Crippen MR) is 55.8 cm³/mol. The number of nitrogens with two attached hydrogens (primary N) is 1. The van der Waals surface area contributed by atoms with E-state index in [-0.39, 0.29) is 18.0 Å². The van der Waals surface area contributed by atoms with Gasteiger partial charge in [-0.1, -0.05) is 24.3 Å². The summed E-state index contributed by atoms with van der Waals surface area (Å²) in [6.45, 7) is 3.37. The molecule has 1 rings (SSSR count). The largest absolute Gasteiger partial charge is 0.416 e. The highest BCUT2D eigenvalue weighted by Gasteiger charge is 2.33. The highest BCUT2D eigenvalue weighted by Crippen LogP contribution is 2.33. The molecule has 0 aromatic heterocycles. The van der Waals surface area contributed by atoms with Crippen molar-refractivity contribution in [2.75, 3.05) is 0 Å². The molecule has 0 spiro atoms. The molecule has 1 aromatic rings. The van der Waals surface area contributed by atoms with Gasteiger partial charge < -0.3 is 5.73 Å². The summed E-state index contributed by atoms with van der Waals surface area (Å²) in [5.41, 5.74) is 4.82. The van der Waals surface area contributed by atoms with Gasteiger partial charge in [0.1, 0.15) is 0 Å². The van der Waals surface area contributed by atoms with E-state index in [9.17, 15) is 13.2 Å². The van der Waals surface area contributed by atoms with Crippen LogP contribution in [-0.2, 0) is 6.18 Å². The van der Waals surface area contributed by atoms with Crippen molar-refractivity contribution in [3.8, 4) is 0 Å². The highest BCUT2D eigenvalue weighted by molar-refractivity contribution is 5.85. The first-order valence-corrected chi connectivity index (χ1v) is 4.01. The molecule has 2 N–H and O–H groups in total. The van der Waals surface area contributed by atoms with Gasteiger partial charge in [0.05, 0.1) is 5.56 Å². The second kappa shape index (κ2) is 5.19. The van der Waals surface area contributed by atoms with Crippen molar-refractivity contribution in [2.24, 2.45) is 5.73 Å². The number of alkyl halides is 3. The van der Waals surface area contributed by atoms with Gasteiger partial charge in [-0.05, 0) is 11.6 Å². The Kier molecular flexibility index (Phi) is 4.84. The topological polar surface area (TPSA) is 26.0 Å². The molecule has 0 unspecified atom stereocenters. The van der Waals surface area contributed by atoms with Crippen LogP contribution in [-0.4, -0.2) is 0 Å². The number of hydrogen-bond donors (Lipinski definition) is 1. The number of halogens is 4. The molecule has 1 atom stereocenters. The molecule has 0 heterocycles. The summed E-state index contributed by atoms with van der Waals surface area (Å²) < 4.78 is 37.4. The van der Waals surface area contributed by atoms with E-state index in [0.717, 1.165) is 6.07 Å². The molecule has 5 heteroatoms. The van der Waals surface area contributed by atoms with E-state index in [2.05, 4.69) is 6.58 Å². The lowest BCUT2D eigenvalue weighted by atomic mass is 10.0. The van der Waals surface area contributed by atoms with E-state index >= 15 is 0 Å². The summed E-state index contributed by atoms with van der Waals surface area (Å²) in [7, 11) is 0. The van der Waals surface area contributed by atoms with Gasteiger partial charge in [-0.25, -0.2) is 0 Å². The van der Waals surface area contributed by atoms with E-state index in [0.29, 0.717) is 0 Å². The minimum Gasteiger partial charge on any atom is -0.321 e. The van der Waals surface area contributed by atoms with E-state index in [1.807, 2.05) is 0 Å². The predicted octanol–water partition coefficient (Wildman–Crippen LogP) is 3.31. The first kappa shape index (κ1) is 14.0. The minimum atomic E-state index is -4.36. The summed E-state index contributed by atoms with van der Waals surface area (Å²) >= 11 is 0. The normalized spacial score (nSPS) is 12.8. The first-order chi connectivity index (χ1) is 6.46. The van der Waals surface area contributed by atoms with Crippen molar-refractivity contribution >= 4 is 12.4 Å². The fourth-order valence-electron chi connectivity index (χ4n) is 1.17. The third kappa shape index (κ3) is 3.25. The van der Waals surface area contributed by atoms with Crippen LogP contribution in [0.3, 0.4) is 0 Å². The number of benzene rings is 1. The first-order valence-electron chi connectivity index (χ1n) is 4.01. The van der Waals surface area contributed by atoms with Crippen LogP contribution in [0.5, 0.6) is 0 Å². The molecule has 0 aliphatic heterocycles. The van der Waals surface area contributed by atoms with Gasteiger partial charge in [0.2, 0.25) is 0 Å². The molecule has 84 valence electrons. The quantitative estimate of drug-likeness (QED) is 0.785. The van der Waals surface area contributed by atoms with Crippen LogP contribution >= 0.6 is 12.4 Å². The van der Waals surface area contributed by atoms with Crippen LogP contribution in [0.2, 0.25) is 0 Å². The molecular weight excluding hydrogens is 227 g/mol. The van der Waals surface area contributed by atoms with Gasteiger partial charge in [0.25, 0.3) is 0 Å². The van der Waals surface area contributed by atoms with Crippen molar-refractivity contribution in [2.45, 2.75) is 12.2 Å². The lowest BCUT2D eigenvalue weighted by molar-refractivity contribution is -0.138. The Labute approximate surface area is 92.2 Å². The van der Waals surface area contributed by atoms with Gasteiger partial charge in [0.15, 0.2) is 0 Å². The molecule has 1 aromatic carbocycles. The monoisotopic (exact) mass is 237 g/mol. The molecule has 0 amide bonds. The summed E-state index contributed by atoms with van der Waals surface area (Å²) in [6, 6.07) is 4.44. The highest BCUT2D eigenvalue weighted by atomic mass is 35.5. The molecule has 15 heavy (non-hydrogen) atoms. The van der Waals surface area contributed by atoms with Crippen LogP contribution in [0.25, 0.3) is 0 Å². The third-order valence-corrected chi connectivity index (χ3v) is 1.88. The average Bonchev–Trinajstić information content (AvgIpc) is 2.15. The third-order valence-electron chi connectivity index (χ3n) is 1.88. The van der Waals surface area contributed by atoms with Crippen molar-refractivity contribution in [3.63, 3.8) is 0 Å². The Bertz CT molecular complexity index is 336. The standard InChI is InChI=1S/C10H10F3N.ClH/c1-2-9(14)7-5-3-4-6-8(7)10(11,12)13;/h2-6,9H,1,14H2;1H/t9-;/m1./s1. The Morgan fingerprint density at radius 2 is 1.80 bits per heavy atom. The maximum Gasteiger partial charge on any atom is 0.416 e. The molecule has 0 fully saturated rings. The van der Waals surface area contributed by atoms with Crippen molar-refractivity contribution in [1.82, 2.24) is 0 Å². The van der Waals surface area contributed by atoms with Crippen molar-refractivity contribution < 1.29 is 13.2 Å². The molecule has 0 bridgehead atoms. The summed E-state index contributed by atoms with van der Waals surface area (Å²) in [6.07, 6.45) is -3.08. The Morgan fingerprint density at radius 1 is 1.27 bits per heavy atom. The van der Waals surface area contributed by atoms with E-state index in [4.69, 9.17) is 5.73 Å². The van der Waals surface area contributed by atoms with Crippen LogP contribution in [0, 0.1) is 0 Å². The molecular formula is C10H11ClF3N. The van der Waals surface area contributed by atoms with Crippen LogP contribution in [0.1, 0.15) is 17.2 Å². The van der Waals surface area contributed by atoms with Crippen molar-refractivity contribution in [3.05, 3.63) is 48.0 Å². The molecule has 1 nitrogen and oxygen atoms in total. The Balaban J connectivity index is 0.00000196. The van der Waals surface area contributed by atoms with Gasteiger partial charge in [-0.15, -0.1) is 19.0 Å². The minimum absolute atomic E-state index is 0. The average molecular weight is 238 g/mol. The second-order valence-electron chi connectivity index (χ2n) is 2.85. The zero-order valence-corrected chi connectivity index (χ0v) is 8.61. The fraction of sp³-hybridized carbons (Fsp3) is 0.200. The molecule has 0 aliphatic carbocycles. The van der Waals surface area contributed by atoms with E-state index in [1.165, 1.54) is 24.3 Å². The van der Waals surface area contributed by atoms with Crippen LogP contribution < -0.4 is 5.73 Å². The molecule has 0 aliphatic rings. The maximum absolute atomic E-state index is 12.5. The molecule has 0 radical (unpaired) electrons. The lowest BCUT2D eigenvalue weighted by Crippen LogP contribution is -2.15. The van der Waals surface area contributed by atoms with Crippen LogP contribution in [0.4, 0.5) is 13.2 Å². The smallest absolute Gasteiger partial charge is 0.321 e. The van der Waals surface area contributed by atoms with E-state index < -0.39 is 17.8 Å². The van der Waals surface area contributed by atoms with Gasteiger partial charge in [0, 0.05) is 6.04 Å². The maximum atomic E-state index is 12.5. The Morgan fingerprint density at radius 3 is 2.27 bits per heavy atom. The zero-order chi connectivity index (χ0) is 10.8.